The van der Waals surface area contributed by atoms with Crippen LogP contribution in [0.25, 0.3) is 0 Å². The Morgan fingerprint density at radius 2 is 2.20 bits per heavy atom. The molecule has 0 aliphatic heterocycles. The topological polar surface area (TPSA) is 39.1 Å². The molecule has 4 heteroatoms. The molecule has 20 heavy (non-hydrogen) atoms. The molecule has 0 saturated heterocycles. The molecule has 0 amide bonds. The van der Waals surface area contributed by atoms with E-state index in [1.54, 1.807) is 7.11 Å². The number of methoxy groups -OCH3 is 1. The van der Waals surface area contributed by atoms with Gasteiger partial charge in [0, 0.05) is 24.8 Å². The van der Waals surface area contributed by atoms with Crippen LogP contribution < -0.4 is 10.1 Å². The average Bonchev–Trinajstić information content (AvgIpc) is 2.84. The highest BCUT2D eigenvalue weighted by Crippen LogP contribution is 2.25. The summed E-state index contributed by atoms with van der Waals surface area (Å²) in [6.07, 6.45) is 4.95. The van der Waals surface area contributed by atoms with Crippen molar-refractivity contribution in [2.24, 2.45) is 7.05 Å². The largest absolute Gasteiger partial charge is 0.496 e. The van der Waals surface area contributed by atoms with Gasteiger partial charge in [-0.25, -0.2) is 0 Å². The first-order valence-electron chi connectivity index (χ1n) is 6.95. The number of ether oxygens (including phenoxy) is 1. The number of aryl methyl sites for hydroxylation is 2. The molecule has 1 aromatic carbocycles. The zero-order valence-corrected chi connectivity index (χ0v) is 12.7. The summed E-state index contributed by atoms with van der Waals surface area (Å²) in [6, 6.07) is 6.60. The second-order valence-electron chi connectivity index (χ2n) is 5.19. The minimum Gasteiger partial charge on any atom is -0.496 e. The van der Waals surface area contributed by atoms with Crippen molar-refractivity contribution in [2.45, 2.75) is 26.3 Å². The smallest absolute Gasteiger partial charge is 0.123 e. The lowest BCUT2D eigenvalue weighted by atomic mass is 10.0. The monoisotopic (exact) mass is 273 g/mol. The van der Waals surface area contributed by atoms with Crippen LogP contribution in [0.4, 0.5) is 0 Å². The fourth-order valence-corrected chi connectivity index (χ4v) is 2.32. The Labute approximate surface area is 120 Å². The first-order valence-corrected chi connectivity index (χ1v) is 6.95. The summed E-state index contributed by atoms with van der Waals surface area (Å²) in [7, 11) is 3.66. The molecule has 0 spiro atoms. The van der Waals surface area contributed by atoms with E-state index in [0.717, 1.165) is 18.7 Å². The minimum absolute atomic E-state index is 0.266. The number of hydrogen-bond donors (Lipinski definition) is 1. The molecule has 2 rings (SSSR count). The summed E-state index contributed by atoms with van der Waals surface area (Å²) in [4.78, 5) is 0. The van der Waals surface area contributed by atoms with Crippen LogP contribution in [0, 0.1) is 6.92 Å². The summed E-state index contributed by atoms with van der Waals surface area (Å²) in [5.41, 5.74) is 3.67. The molecule has 1 unspecified atom stereocenters. The summed E-state index contributed by atoms with van der Waals surface area (Å²) in [5.74, 6) is 0.950. The fourth-order valence-electron chi connectivity index (χ4n) is 2.32. The van der Waals surface area contributed by atoms with Crippen LogP contribution in [0.2, 0.25) is 0 Å². The molecular formula is C16H23N3O. The van der Waals surface area contributed by atoms with E-state index in [0.29, 0.717) is 0 Å². The van der Waals surface area contributed by atoms with Crippen LogP contribution >= 0.6 is 0 Å². The lowest BCUT2D eigenvalue weighted by molar-refractivity contribution is 0.401. The molecule has 4 nitrogen and oxygen atoms in total. The van der Waals surface area contributed by atoms with Gasteiger partial charge in [0.05, 0.1) is 13.3 Å². The van der Waals surface area contributed by atoms with Crippen molar-refractivity contribution in [1.82, 2.24) is 15.1 Å². The van der Waals surface area contributed by atoms with E-state index in [9.17, 15) is 0 Å². The minimum atomic E-state index is 0.266. The van der Waals surface area contributed by atoms with Crippen molar-refractivity contribution >= 4 is 0 Å². The third-order valence-corrected chi connectivity index (χ3v) is 3.48. The molecule has 0 aliphatic carbocycles. The molecule has 0 aliphatic rings. The molecule has 1 aromatic heterocycles. The van der Waals surface area contributed by atoms with E-state index < -0.39 is 0 Å². The van der Waals surface area contributed by atoms with E-state index in [-0.39, 0.29) is 6.04 Å². The summed E-state index contributed by atoms with van der Waals surface area (Å²) < 4.78 is 7.30. The molecule has 1 heterocycles. The molecular weight excluding hydrogens is 250 g/mol. The molecule has 1 atom stereocenters. The van der Waals surface area contributed by atoms with E-state index in [4.69, 9.17) is 4.74 Å². The van der Waals surface area contributed by atoms with Crippen molar-refractivity contribution in [1.29, 1.82) is 0 Å². The number of hydrogen-bond acceptors (Lipinski definition) is 3. The van der Waals surface area contributed by atoms with Gasteiger partial charge in [0.2, 0.25) is 0 Å². The van der Waals surface area contributed by atoms with Crippen LogP contribution in [-0.4, -0.2) is 23.4 Å². The quantitative estimate of drug-likeness (QED) is 0.879. The number of rotatable bonds is 6. The Hall–Kier alpha value is -1.81. The highest BCUT2D eigenvalue weighted by Gasteiger charge is 2.10. The van der Waals surface area contributed by atoms with Crippen molar-refractivity contribution < 1.29 is 4.74 Å². The molecule has 0 radical (unpaired) electrons. The second kappa shape index (κ2) is 6.57. The molecule has 2 aromatic rings. The van der Waals surface area contributed by atoms with Gasteiger partial charge in [0.15, 0.2) is 0 Å². The van der Waals surface area contributed by atoms with Crippen molar-refractivity contribution in [3.63, 3.8) is 0 Å². The zero-order chi connectivity index (χ0) is 14.5. The highest BCUT2D eigenvalue weighted by atomic mass is 16.5. The Morgan fingerprint density at radius 1 is 1.40 bits per heavy atom. The Kier molecular flexibility index (Phi) is 4.79. The fraction of sp³-hybridized carbons (Fsp3) is 0.438. The third kappa shape index (κ3) is 3.61. The van der Waals surface area contributed by atoms with Gasteiger partial charge in [0.1, 0.15) is 5.75 Å². The zero-order valence-electron chi connectivity index (χ0n) is 12.7. The highest BCUT2D eigenvalue weighted by molar-refractivity contribution is 5.39. The maximum Gasteiger partial charge on any atom is 0.123 e. The number of benzene rings is 1. The van der Waals surface area contributed by atoms with Gasteiger partial charge >= 0.3 is 0 Å². The second-order valence-corrected chi connectivity index (χ2v) is 5.19. The van der Waals surface area contributed by atoms with Gasteiger partial charge in [-0.05, 0) is 44.0 Å². The van der Waals surface area contributed by atoms with Crippen molar-refractivity contribution in [2.75, 3.05) is 13.7 Å². The van der Waals surface area contributed by atoms with Gasteiger partial charge in [-0.15, -0.1) is 0 Å². The van der Waals surface area contributed by atoms with Gasteiger partial charge in [-0.3, -0.25) is 4.68 Å². The average molecular weight is 273 g/mol. The van der Waals surface area contributed by atoms with Crippen molar-refractivity contribution in [3.05, 3.63) is 47.3 Å². The lowest BCUT2D eigenvalue weighted by Crippen LogP contribution is -2.21. The number of nitrogens with zero attached hydrogens (tertiary/aromatic N) is 2. The predicted molar refractivity (Wildman–Crippen MR) is 81.1 cm³/mol. The Morgan fingerprint density at radius 3 is 2.85 bits per heavy atom. The Balaban J connectivity index is 1.93. The SMILES string of the molecule is COc1cc(C)ccc1C(C)NCCc1cnn(C)c1. The van der Waals surface area contributed by atoms with E-state index in [1.807, 2.05) is 17.9 Å². The first kappa shape index (κ1) is 14.6. The van der Waals surface area contributed by atoms with Gasteiger partial charge in [-0.1, -0.05) is 12.1 Å². The molecule has 1 N–H and O–H groups in total. The molecule has 108 valence electrons. The standard InChI is InChI=1S/C16H23N3O/c1-12-5-6-15(16(9-12)20-4)13(2)17-8-7-14-10-18-19(3)11-14/h5-6,9-11,13,17H,7-8H2,1-4H3. The normalized spacial score (nSPS) is 12.4. The van der Waals surface area contributed by atoms with Crippen LogP contribution in [0.5, 0.6) is 5.75 Å². The van der Waals surface area contributed by atoms with E-state index >= 15 is 0 Å². The van der Waals surface area contributed by atoms with E-state index in [1.165, 1.54) is 16.7 Å². The summed E-state index contributed by atoms with van der Waals surface area (Å²) >= 11 is 0. The lowest BCUT2D eigenvalue weighted by Gasteiger charge is -2.17. The van der Waals surface area contributed by atoms with Gasteiger partial charge < -0.3 is 10.1 Å². The first-order chi connectivity index (χ1) is 9.60. The van der Waals surface area contributed by atoms with Crippen LogP contribution in [0.3, 0.4) is 0 Å². The summed E-state index contributed by atoms with van der Waals surface area (Å²) in [6.45, 7) is 5.16. The maximum atomic E-state index is 5.46. The van der Waals surface area contributed by atoms with E-state index in [2.05, 4.69) is 48.7 Å². The molecule has 0 fully saturated rings. The van der Waals surface area contributed by atoms with Crippen LogP contribution in [-0.2, 0) is 13.5 Å². The van der Waals surface area contributed by atoms with Crippen molar-refractivity contribution in [3.8, 4) is 5.75 Å². The molecule has 0 bridgehead atoms. The number of nitrogens with one attached hydrogen (secondary N) is 1. The van der Waals surface area contributed by atoms with Gasteiger partial charge in [0.25, 0.3) is 0 Å². The maximum absolute atomic E-state index is 5.46. The predicted octanol–water partition coefficient (Wildman–Crippen LogP) is 2.63. The Bertz CT molecular complexity index is 563. The number of aromatic nitrogens is 2. The third-order valence-electron chi connectivity index (χ3n) is 3.48. The van der Waals surface area contributed by atoms with Crippen LogP contribution in [0.1, 0.15) is 29.7 Å². The summed E-state index contributed by atoms with van der Waals surface area (Å²) in [5, 5.41) is 7.71. The van der Waals surface area contributed by atoms with Gasteiger partial charge in [-0.2, -0.15) is 5.10 Å². The molecule has 0 saturated carbocycles. The van der Waals surface area contributed by atoms with Crippen LogP contribution in [0.15, 0.2) is 30.6 Å².